The molecular formula is C25H21FN4O3. The second-order valence-electron chi connectivity index (χ2n) is 7.29. The molecule has 0 unspecified atom stereocenters. The van der Waals surface area contributed by atoms with Crippen LogP contribution in [0, 0.1) is 12.7 Å². The minimum absolute atomic E-state index is 0.179. The summed E-state index contributed by atoms with van der Waals surface area (Å²) in [4.78, 5) is 25.3. The van der Waals surface area contributed by atoms with E-state index in [4.69, 9.17) is 4.74 Å². The topological polar surface area (TPSA) is 85.2 Å². The largest absolute Gasteiger partial charge is 0.497 e. The molecule has 7 nitrogen and oxygen atoms in total. The molecule has 2 N–H and O–H groups in total. The van der Waals surface area contributed by atoms with E-state index in [2.05, 4.69) is 16.0 Å². The number of aromatic nitrogens is 2. The van der Waals surface area contributed by atoms with E-state index in [0.29, 0.717) is 17.0 Å². The molecule has 166 valence electrons. The van der Waals surface area contributed by atoms with Crippen LogP contribution in [-0.2, 0) is 0 Å². The van der Waals surface area contributed by atoms with Crippen molar-refractivity contribution in [1.29, 1.82) is 0 Å². The molecule has 0 saturated carbocycles. The number of amides is 2. The number of hydrazine groups is 1. The Balaban J connectivity index is 1.66. The fraction of sp³-hybridized carbons (Fsp3) is 0.0800. The second-order valence-corrected chi connectivity index (χ2v) is 7.29. The number of carbonyl (C=O) groups excluding carboxylic acids is 2. The zero-order chi connectivity index (χ0) is 23.4. The summed E-state index contributed by atoms with van der Waals surface area (Å²) in [6, 6.07) is 20.3. The number of nitrogens with one attached hydrogen (secondary N) is 2. The van der Waals surface area contributed by atoms with E-state index in [9.17, 15) is 14.0 Å². The highest BCUT2D eigenvalue weighted by molar-refractivity contribution is 6.02. The Hall–Kier alpha value is -4.46. The molecule has 0 atom stereocenters. The molecule has 4 rings (SSSR count). The molecule has 2 amide bonds. The van der Waals surface area contributed by atoms with Gasteiger partial charge in [-0.15, -0.1) is 0 Å². The fourth-order valence-electron chi connectivity index (χ4n) is 3.25. The van der Waals surface area contributed by atoms with E-state index < -0.39 is 17.6 Å². The van der Waals surface area contributed by atoms with E-state index in [1.54, 1.807) is 42.3 Å². The molecule has 0 aliphatic rings. The Kier molecular flexibility index (Phi) is 6.17. The number of hydrogen-bond donors (Lipinski definition) is 2. The third-order valence-corrected chi connectivity index (χ3v) is 5.01. The molecule has 0 aliphatic heterocycles. The number of carbonyl (C=O) groups is 2. The quantitative estimate of drug-likeness (QED) is 0.455. The van der Waals surface area contributed by atoms with Gasteiger partial charge in [0.1, 0.15) is 17.3 Å². The highest BCUT2D eigenvalue weighted by Gasteiger charge is 2.20. The van der Waals surface area contributed by atoms with Crippen molar-refractivity contribution in [2.24, 2.45) is 0 Å². The maximum Gasteiger partial charge on any atom is 0.273 e. The van der Waals surface area contributed by atoms with E-state index >= 15 is 0 Å². The van der Waals surface area contributed by atoms with Gasteiger partial charge in [0.05, 0.1) is 23.9 Å². The van der Waals surface area contributed by atoms with E-state index in [-0.39, 0.29) is 11.1 Å². The van der Waals surface area contributed by atoms with Crippen molar-refractivity contribution in [1.82, 2.24) is 20.6 Å². The molecule has 1 aromatic heterocycles. The monoisotopic (exact) mass is 444 g/mol. The van der Waals surface area contributed by atoms with Crippen LogP contribution in [0.15, 0.2) is 79.0 Å². The van der Waals surface area contributed by atoms with Crippen LogP contribution >= 0.6 is 0 Å². The number of benzene rings is 3. The minimum atomic E-state index is -0.768. The first-order valence-corrected chi connectivity index (χ1v) is 10.1. The van der Waals surface area contributed by atoms with Crippen molar-refractivity contribution in [2.75, 3.05) is 7.11 Å². The zero-order valence-corrected chi connectivity index (χ0v) is 18.0. The molecule has 0 saturated heterocycles. The van der Waals surface area contributed by atoms with Crippen LogP contribution in [0.25, 0.3) is 16.9 Å². The first kappa shape index (κ1) is 21.8. The summed E-state index contributed by atoms with van der Waals surface area (Å²) in [7, 11) is 1.55. The van der Waals surface area contributed by atoms with Gasteiger partial charge in [0.2, 0.25) is 0 Å². The normalized spacial score (nSPS) is 10.5. The average molecular weight is 444 g/mol. The maximum absolute atomic E-state index is 13.9. The second kappa shape index (κ2) is 9.35. The maximum atomic E-state index is 13.9. The van der Waals surface area contributed by atoms with E-state index in [1.807, 2.05) is 31.2 Å². The van der Waals surface area contributed by atoms with E-state index in [0.717, 1.165) is 11.3 Å². The smallest absolute Gasteiger partial charge is 0.273 e. The number of rotatable bonds is 5. The van der Waals surface area contributed by atoms with Gasteiger partial charge in [0.25, 0.3) is 11.8 Å². The van der Waals surface area contributed by atoms with Crippen LogP contribution in [-0.4, -0.2) is 28.7 Å². The van der Waals surface area contributed by atoms with Crippen LogP contribution < -0.4 is 15.6 Å². The number of methoxy groups -OCH3 is 1. The molecule has 0 fully saturated rings. The lowest BCUT2D eigenvalue weighted by molar-refractivity contribution is 0.0844. The van der Waals surface area contributed by atoms with Crippen LogP contribution in [0.2, 0.25) is 0 Å². The number of aryl methyl sites for hydroxylation is 1. The van der Waals surface area contributed by atoms with Crippen LogP contribution in [0.5, 0.6) is 5.75 Å². The molecule has 0 aliphatic carbocycles. The van der Waals surface area contributed by atoms with Gasteiger partial charge in [-0.05, 0) is 43.3 Å². The molecule has 1 heterocycles. The van der Waals surface area contributed by atoms with Gasteiger partial charge in [-0.25, -0.2) is 9.07 Å². The van der Waals surface area contributed by atoms with Crippen molar-refractivity contribution in [3.63, 3.8) is 0 Å². The molecule has 0 radical (unpaired) electrons. The van der Waals surface area contributed by atoms with Crippen molar-refractivity contribution in [2.45, 2.75) is 6.92 Å². The Morgan fingerprint density at radius 3 is 2.30 bits per heavy atom. The molecule has 0 spiro atoms. The highest BCUT2D eigenvalue weighted by Crippen LogP contribution is 2.27. The first-order chi connectivity index (χ1) is 16.0. The number of hydrogen-bond acceptors (Lipinski definition) is 4. The van der Waals surface area contributed by atoms with Gasteiger partial charge in [-0.1, -0.05) is 42.0 Å². The summed E-state index contributed by atoms with van der Waals surface area (Å²) in [5, 5.41) is 4.60. The average Bonchev–Trinajstić information content (AvgIpc) is 3.29. The van der Waals surface area contributed by atoms with Crippen molar-refractivity contribution in [3.05, 3.63) is 102 Å². The van der Waals surface area contributed by atoms with Crippen LogP contribution in [0.4, 0.5) is 4.39 Å². The summed E-state index contributed by atoms with van der Waals surface area (Å²) in [5.74, 6) is -1.45. The van der Waals surface area contributed by atoms with Gasteiger partial charge in [0.15, 0.2) is 0 Å². The minimum Gasteiger partial charge on any atom is -0.497 e. The van der Waals surface area contributed by atoms with Gasteiger partial charge in [-0.2, -0.15) is 5.10 Å². The molecule has 4 aromatic rings. The predicted octanol–water partition coefficient (Wildman–Crippen LogP) is 4.07. The van der Waals surface area contributed by atoms with Gasteiger partial charge in [0, 0.05) is 11.8 Å². The van der Waals surface area contributed by atoms with Gasteiger partial charge in [-0.3, -0.25) is 20.4 Å². The number of ether oxygens (including phenoxy) is 1. The zero-order valence-electron chi connectivity index (χ0n) is 18.0. The summed E-state index contributed by atoms with van der Waals surface area (Å²) in [6.45, 7) is 1.98. The fourth-order valence-corrected chi connectivity index (χ4v) is 3.25. The summed E-state index contributed by atoms with van der Waals surface area (Å²) < 4.78 is 20.7. The Morgan fingerprint density at radius 1 is 0.909 bits per heavy atom. The highest BCUT2D eigenvalue weighted by atomic mass is 19.1. The number of nitrogens with zero attached hydrogens (tertiary/aromatic N) is 2. The third kappa shape index (κ3) is 4.74. The SMILES string of the molecule is COc1cccc(-c2nn(-c3ccc(C)cc3)cc2C(=O)NNC(=O)c2ccccc2F)c1. The van der Waals surface area contributed by atoms with Crippen molar-refractivity contribution >= 4 is 11.8 Å². The molecule has 0 bridgehead atoms. The summed E-state index contributed by atoms with van der Waals surface area (Å²) >= 11 is 0. The number of halogens is 1. The molecule has 8 heteroatoms. The van der Waals surface area contributed by atoms with Gasteiger partial charge >= 0.3 is 0 Å². The third-order valence-electron chi connectivity index (χ3n) is 5.01. The van der Waals surface area contributed by atoms with Crippen LogP contribution in [0.3, 0.4) is 0 Å². The lowest BCUT2D eigenvalue weighted by Crippen LogP contribution is -2.42. The first-order valence-electron chi connectivity index (χ1n) is 10.1. The van der Waals surface area contributed by atoms with E-state index in [1.165, 1.54) is 24.3 Å². The lowest BCUT2D eigenvalue weighted by Gasteiger charge is -2.08. The standard InChI is InChI=1S/C25H21FN4O3/c1-16-10-12-18(13-11-16)30-15-21(23(29-30)17-6-5-7-19(14-17)33-2)25(32)28-27-24(31)20-8-3-4-9-22(20)26/h3-15H,1-2H3,(H,27,31)(H,28,32). The molecular weight excluding hydrogens is 423 g/mol. The van der Waals surface area contributed by atoms with Gasteiger partial charge < -0.3 is 4.74 Å². The Bertz CT molecular complexity index is 1320. The Labute approximate surface area is 189 Å². The lowest BCUT2D eigenvalue weighted by atomic mass is 10.1. The van der Waals surface area contributed by atoms with Crippen molar-refractivity contribution < 1.29 is 18.7 Å². The summed E-state index contributed by atoms with van der Waals surface area (Å²) in [5.41, 5.74) is 7.55. The molecule has 3 aromatic carbocycles. The molecule has 33 heavy (non-hydrogen) atoms. The Morgan fingerprint density at radius 2 is 1.61 bits per heavy atom. The van der Waals surface area contributed by atoms with Crippen LogP contribution in [0.1, 0.15) is 26.3 Å². The predicted molar refractivity (Wildman–Crippen MR) is 122 cm³/mol. The van der Waals surface area contributed by atoms with Crippen molar-refractivity contribution in [3.8, 4) is 22.7 Å². The summed E-state index contributed by atoms with van der Waals surface area (Å²) in [6.07, 6.45) is 1.57.